The molecule has 2 amide bonds. The number of hydrogen-bond acceptors (Lipinski definition) is 6. The Labute approximate surface area is 187 Å². The van der Waals surface area contributed by atoms with Gasteiger partial charge in [0.25, 0.3) is 11.8 Å². The fraction of sp³-hybridized carbons (Fsp3) is 0.571. The summed E-state index contributed by atoms with van der Waals surface area (Å²) >= 11 is 5.99. The topological polar surface area (TPSA) is 110 Å². The number of nitrogens with zero attached hydrogens (tertiary/aromatic N) is 1. The summed E-state index contributed by atoms with van der Waals surface area (Å²) in [5, 5.41) is 2.77. The van der Waals surface area contributed by atoms with Gasteiger partial charge in [-0.2, -0.15) is 0 Å². The average molecular weight is 471 g/mol. The van der Waals surface area contributed by atoms with Gasteiger partial charge in [-0.05, 0) is 38.3 Å². The Kier molecular flexibility index (Phi) is 7.59. The van der Waals surface area contributed by atoms with E-state index < -0.39 is 40.3 Å². The van der Waals surface area contributed by atoms with Crippen molar-refractivity contribution in [3.8, 4) is 0 Å². The second-order valence-electron chi connectivity index (χ2n) is 8.08. The lowest BCUT2D eigenvalue weighted by Crippen LogP contribution is -2.49. The quantitative estimate of drug-likeness (QED) is 0.610. The Morgan fingerprint density at radius 1 is 1.16 bits per heavy atom. The number of benzene rings is 1. The zero-order chi connectivity index (χ0) is 22.6. The van der Waals surface area contributed by atoms with Gasteiger partial charge in [0.2, 0.25) is 0 Å². The first kappa shape index (κ1) is 23.5. The molecule has 1 aromatic carbocycles. The summed E-state index contributed by atoms with van der Waals surface area (Å²) in [5.74, 6) is -1.65. The van der Waals surface area contributed by atoms with Crippen LogP contribution in [0.2, 0.25) is 5.02 Å². The van der Waals surface area contributed by atoms with E-state index in [1.807, 2.05) is 0 Å². The zero-order valence-corrected chi connectivity index (χ0v) is 19.0. The molecule has 1 N–H and O–H groups in total. The molecule has 0 aromatic heterocycles. The maximum atomic E-state index is 12.9. The van der Waals surface area contributed by atoms with Crippen molar-refractivity contribution in [1.82, 2.24) is 10.2 Å². The smallest absolute Gasteiger partial charge is 0.328 e. The summed E-state index contributed by atoms with van der Waals surface area (Å²) in [6.45, 7) is 0.970. The molecule has 170 valence electrons. The van der Waals surface area contributed by atoms with Crippen molar-refractivity contribution in [3.63, 3.8) is 0 Å². The summed E-state index contributed by atoms with van der Waals surface area (Å²) in [6.07, 6.45) is 4.02. The fourth-order valence-corrected chi connectivity index (χ4v) is 6.13. The lowest BCUT2D eigenvalue weighted by Gasteiger charge is -2.34. The highest BCUT2D eigenvalue weighted by Crippen LogP contribution is 2.29. The molecule has 1 aromatic rings. The number of amides is 2. The average Bonchev–Trinajstić information content (AvgIpc) is 3.36. The van der Waals surface area contributed by atoms with Gasteiger partial charge in [0.05, 0.1) is 22.1 Å². The third-order valence-corrected chi connectivity index (χ3v) is 7.85. The minimum Gasteiger partial charge on any atom is -0.454 e. The van der Waals surface area contributed by atoms with Crippen LogP contribution in [0.15, 0.2) is 24.3 Å². The molecule has 31 heavy (non-hydrogen) atoms. The number of esters is 1. The van der Waals surface area contributed by atoms with Gasteiger partial charge in [0, 0.05) is 12.1 Å². The first-order valence-corrected chi connectivity index (χ1v) is 12.6. The van der Waals surface area contributed by atoms with E-state index in [0.29, 0.717) is 6.42 Å². The highest BCUT2D eigenvalue weighted by molar-refractivity contribution is 7.91. The number of halogens is 1. The number of ether oxygens (including phenoxy) is 1. The molecular weight excluding hydrogens is 444 g/mol. The normalized spacial score (nSPS) is 21.4. The minimum absolute atomic E-state index is 0.0261. The van der Waals surface area contributed by atoms with Crippen LogP contribution in [0.1, 0.15) is 49.4 Å². The van der Waals surface area contributed by atoms with E-state index in [0.717, 1.165) is 25.7 Å². The van der Waals surface area contributed by atoms with Gasteiger partial charge in [0.1, 0.15) is 6.04 Å². The summed E-state index contributed by atoms with van der Waals surface area (Å²) in [4.78, 5) is 39.1. The highest BCUT2D eigenvalue weighted by atomic mass is 35.5. The van der Waals surface area contributed by atoms with Crippen molar-refractivity contribution in [2.24, 2.45) is 0 Å². The fourth-order valence-electron chi connectivity index (χ4n) is 4.19. The van der Waals surface area contributed by atoms with Crippen LogP contribution in [0.25, 0.3) is 0 Å². The van der Waals surface area contributed by atoms with E-state index in [4.69, 9.17) is 16.3 Å². The largest absolute Gasteiger partial charge is 0.454 e. The van der Waals surface area contributed by atoms with Crippen molar-refractivity contribution in [2.75, 3.05) is 18.1 Å². The molecule has 0 bridgehead atoms. The molecule has 1 saturated carbocycles. The minimum atomic E-state index is -3.15. The molecule has 1 heterocycles. The summed E-state index contributed by atoms with van der Waals surface area (Å²) in [7, 11) is -3.15. The predicted octanol–water partition coefficient (Wildman–Crippen LogP) is 1.96. The molecule has 0 radical (unpaired) electrons. The Morgan fingerprint density at radius 3 is 2.45 bits per heavy atom. The Hall–Kier alpha value is -2.13. The van der Waals surface area contributed by atoms with Gasteiger partial charge in [-0.1, -0.05) is 36.6 Å². The monoisotopic (exact) mass is 470 g/mol. The molecule has 0 spiro atoms. The zero-order valence-electron chi connectivity index (χ0n) is 17.4. The van der Waals surface area contributed by atoms with Crippen molar-refractivity contribution in [1.29, 1.82) is 0 Å². The van der Waals surface area contributed by atoms with E-state index >= 15 is 0 Å². The lowest BCUT2D eigenvalue weighted by atomic mass is 10.1. The van der Waals surface area contributed by atoms with Gasteiger partial charge in [-0.15, -0.1) is 0 Å². The molecule has 2 atom stereocenters. The van der Waals surface area contributed by atoms with Crippen molar-refractivity contribution in [2.45, 2.75) is 57.2 Å². The van der Waals surface area contributed by atoms with Gasteiger partial charge < -0.3 is 15.0 Å². The van der Waals surface area contributed by atoms with Crippen LogP contribution in [0, 0.1) is 0 Å². The number of carbonyl (C=O) groups is 3. The molecule has 2 fully saturated rings. The van der Waals surface area contributed by atoms with Gasteiger partial charge in [-0.25, -0.2) is 13.2 Å². The summed E-state index contributed by atoms with van der Waals surface area (Å²) in [6, 6.07) is 5.06. The molecule has 10 heteroatoms. The Bertz CT molecular complexity index is 945. The van der Waals surface area contributed by atoms with Gasteiger partial charge in [-0.3, -0.25) is 9.59 Å². The third-order valence-electron chi connectivity index (χ3n) is 5.77. The standard InChI is InChI=1S/C21H27ClN2O6S/c1-14(23-20(26)17-8-4-5-9-18(17)22)21(27)30-12-19(25)24(15-6-2-3-7-15)16-10-11-31(28,29)13-16/h4-5,8-9,14-16H,2-3,6-7,10-13H2,1H3,(H,23,26)/t14-,16?/m0/s1. The molecule has 8 nitrogen and oxygen atoms in total. The summed E-state index contributed by atoms with van der Waals surface area (Å²) in [5.41, 5.74) is 0.231. The van der Waals surface area contributed by atoms with Crippen molar-refractivity contribution in [3.05, 3.63) is 34.9 Å². The Balaban J connectivity index is 1.57. The third kappa shape index (κ3) is 5.98. The molecular formula is C21H27ClN2O6S. The van der Waals surface area contributed by atoms with E-state index in [9.17, 15) is 22.8 Å². The van der Waals surface area contributed by atoms with Crippen molar-refractivity contribution < 1.29 is 27.5 Å². The maximum Gasteiger partial charge on any atom is 0.328 e. The lowest BCUT2D eigenvalue weighted by molar-refractivity contribution is -0.155. The molecule has 1 aliphatic heterocycles. The number of carbonyl (C=O) groups excluding carboxylic acids is 3. The first-order chi connectivity index (χ1) is 14.7. The Morgan fingerprint density at radius 2 is 1.84 bits per heavy atom. The molecule has 3 rings (SSSR count). The van der Waals surface area contributed by atoms with E-state index in [2.05, 4.69) is 5.32 Å². The number of hydrogen-bond donors (Lipinski definition) is 1. The van der Waals surface area contributed by atoms with Gasteiger partial charge >= 0.3 is 5.97 Å². The van der Waals surface area contributed by atoms with Crippen LogP contribution >= 0.6 is 11.6 Å². The number of sulfone groups is 1. The van der Waals surface area contributed by atoms with Crippen LogP contribution < -0.4 is 5.32 Å². The van der Waals surface area contributed by atoms with Crippen LogP contribution in [0.3, 0.4) is 0 Å². The van der Waals surface area contributed by atoms with E-state index in [-0.39, 0.29) is 34.2 Å². The number of rotatable bonds is 7. The second kappa shape index (κ2) is 9.99. The van der Waals surface area contributed by atoms with E-state index in [1.54, 1.807) is 23.1 Å². The maximum absolute atomic E-state index is 12.9. The molecule has 1 aliphatic carbocycles. The molecule has 1 unspecified atom stereocenters. The van der Waals surface area contributed by atoms with Crippen molar-refractivity contribution >= 4 is 39.2 Å². The predicted molar refractivity (Wildman–Crippen MR) is 116 cm³/mol. The summed E-state index contributed by atoms with van der Waals surface area (Å²) < 4.78 is 29.0. The van der Waals surface area contributed by atoms with Crippen LogP contribution in [0.4, 0.5) is 0 Å². The van der Waals surface area contributed by atoms with Gasteiger partial charge in [0.15, 0.2) is 16.4 Å². The first-order valence-electron chi connectivity index (χ1n) is 10.4. The highest BCUT2D eigenvalue weighted by Gasteiger charge is 2.39. The van der Waals surface area contributed by atoms with Crippen LogP contribution in [0.5, 0.6) is 0 Å². The van der Waals surface area contributed by atoms with E-state index in [1.165, 1.54) is 13.0 Å². The SMILES string of the molecule is C[C@H](NC(=O)c1ccccc1Cl)C(=O)OCC(=O)N(C1CCCC1)C1CCS(=O)(=O)C1. The second-order valence-corrected chi connectivity index (χ2v) is 10.7. The van der Waals surface area contributed by atoms with Crippen LogP contribution in [-0.2, 0) is 24.2 Å². The van der Waals surface area contributed by atoms with Crippen LogP contribution in [-0.4, -0.2) is 67.3 Å². The molecule has 2 aliphatic rings. The number of nitrogens with one attached hydrogen (secondary N) is 1. The molecule has 1 saturated heterocycles.